The Labute approximate surface area is 77.4 Å². The van der Waals surface area contributed by atoms with Gasteiger partial charge in [-0.3, -0.25) is 4.79 Å². The summed E-state index contributed by atoms with van der Waals surface area (Å²) < 4.78 is 0. The Kier molecular flexibility index (Phi) is 3.17. The molecule has 0 aliphatic heterocycles. The van der Waals surface area contributed by atoms with Gasteiger partial charge in [0.25, 0.3) is 0 Å². The third-order valence-electron chi connectivity index (χ3n) is 1.58. The van der Waals surface area contributed by atoms with E-state index in [0.717, 1.165) is 10.5 Å². The molecule has 3 heteroatoms. The number of hydrogen-bond acceptors (Lipinski definition) is 2. The van der Waals surface area contributed by atoms with Crippen LogP contribution in [0, 0.1) is 0 Å². The maximum atomic E-state index is 10.9. The van der Waals surface area contributed by atoms with Crippen molar-refractivity contribution in [2.24, 2.45) is 0 Å². The van der Waals surface area contributed by atoms with Crippen molar-refractivity contribution >= 4 is 18.5 Å². The highest BCUT2D eigenvalue weighted by molar-refractivity contribution is 7.80. The van der Waals surface area contributed by atoms with Crippen molar-refractivity contribution < 1.29 is 4.79 Å². The van der Waals surface area contributed by atoms with Crippen LogP contribution < -0.4 is 5.32 Å². The summed E-state index contributed by atoms with van der Waals surface area (Å²) in [4.78, 5) is 11.8. The number of benzene rings is 1. The summed E-state index contributed by atoms with van der Waals surface area (Å²) in [5, 5.41) is 2.57. The number of nitrogens with one attached hydrogen (secondary N) is 1. The van der Waals surface area contributed by atoms with Gasteiger partial charge in [-0.1, -0.05) is 12.1 Å². The van der Waals surface area contributed by atoms with Crippen LogP contribution in [0.2, 0.25) is 0 Å². The lowest BCUT2D eigenvalue weighted by atomic mass is 10.1. The molecule has 0 radical (unpaired) electrons. The van der Waals surface area contributed by atoms with E-state index in [1.807, 2.05) is 24.3 Å². The Bertz CT molecular complexity index is 268. The fourth-order valence-electron chi connectivity index (χ4n) is 0.888. The van der Waals surface area contributed by atoms with E-state index in [1.54, 1.807) is 7.05 Å². The van der Waals surface area contributed by atoms with Gasteiger partial charge in [0.2, 0.25) is 5.91 Å². The number of carbonyl (C=O) groups is 1. The van der Waals surface area contributed by atoms with E-state index in [9.17, 15) is 4.79 Å². The molecule has 1 N–H and O–H groups in total. The third kappa shape index (κ3) is 2.58. The molecule has 64 valence electrons. The molecule has 0 spiro atoms. The van der Waals surface area contributed by atoms with Gasteiger partial charge in [-0.15, -0.1) is 12.6 Å². The van der Waals surface area contributed by atoms with Gasteiger partial charge in [0.1, 0.15) is 0 Å². The van der Waals surface area contributed by atoms with Crippen LogP contribution in [0.25, 0.3) is 0 Å². The second-order valence-electron chi connectivity index (χ2n) is 2.52. The van der Waals surface area contributed by atoms with Crippen molar-refractivity contribution in [2.75, 3.05) is 7.05 Å². The van der Waals surface area contributed by atoms with Crippen LogP contribution >= 0.6 is 12.6 Å². The van der Waals surface area contributed by atoms with E-state index in [0.29, 0.717) is 6.42 Å². The number of carbonyl (C=O) groups excluding carboxylic acids is 1. The summed E-state index contributed by atoms with van der Waals surface area (Å²) in [5.41, 5.74) is 1.01. The monoisotopic (exact) mass is 181 g/mol. The molecule has 0 unspecified atom stereocenters. The summed E-state index contributed by atoms with van der Waals surface area (Å²) in [5.74, 6) is 0.0296. The fraction of sp³-hybridized carbons (Fsp3) is 0.222. The van der Waals surface area contributed by atoms with E-state index in [1.165, 1.54) is 0 Å². The lowest BCUT2D eigenvalue weighted by molar-refractivity contribution is -0.119. The molecule has 12 heavy (non-hydrogen) atoms. The van der Waals surface area contributed by atoms with E-state index >= 15 is 0 Å². The summed E-state index contributed by atoms with van der Waals surface area (Å²) >= 11 is 4.14. The van der Waals surface area contributed by atoms with Crippen molar-refractivity contribution in [1.29, 1.82) is 0 Å². The molecule has 0 saturated heterocycles. The number of amides is 1. The molecule has 2 nitrogen and oxygen atoms in total. The molecule has 0 bridgehead atoms. The van der Waals surface area contributed by atoms with Crippen LogP contribution in [0.15, 0.2) is 29.2 Å². The highest BCUT2D eigenvalue weighted by Gasteiger charge is 1.98. The van der Waals surface area contributed by atoms with Crippen molar-refractivity contribution in [3.05, 3.63) is 29.8 Å². The zero-order chi connectivity index (χ0) is 8.97. The topological polar surface area (TPSA) is 29.1 Å². The van der Waals surface area contributed by atoms with Gasteiger partial charge < -0.3 is 5.32 Å². The van der Waals surface area contributed by atoms with Crippen LogP contribution in [-0.2, 0) is 11.2 Å². The van der Waals surface area contributed by atoms with E-state index in [4.69, 9.17) is 0 Å². The Morgan fingerprint density at radius 1 is 1.42 bits per heavy atom. The molecule has 0 saturated carbocycles. The lowest BCUT2D eigenvalue weighted by Gasteiger charge is -1.99. The fourth-order valence-corrected chi connectivity index (χ4v) is 1.04. The molecular weight excluding hydrogens is 170 g/mol. The zero-order valence-corrected chi connectivity index (χ0v) is 7.77. The predicted molar refractivity (Wildman–Crippen MR) is 51.5 cm³/mol. The molecule has 0 fully saturated rings. The van der Waals surface area contributed by atoms with Gasteiger partial charge in [0.05, 0.1) is 6.42 Å². The average molecular weight is 181 g/mol. The second kappa shape index (κ2) is 4.16. The number of hydrogen-bond donors (Lipinski definition) is 2. The summed E-state index contributed by atoms with van der Waals surface area (Å²) in [6.07, 6.45) is 0.435. The highest BCUT2D eigenvalue weighted by Crippen LogP contribution is 2.07. The molecule has 0 heterocycles. The molecule has 1 amide bonds. The Balaban J connectivity index is 2.64. The standard InChI is InChI=1S/C9H11NOS/c1-10-9(11)6-7-2-4-8(12)5-3-7/h2-5,12H,6H2,1H3,(H,10,11). The molecule has 0 atom stereocenters. The first-order valence-electron chi connectivity index (χ1n) is 3.71. The van der Waals surface area contributed by atoms with Gasteiger partial charge in [0.15, 0.2) is 0 Å². The molecule has 0 aliphatic carbocycles. The number of likely N-dealkylation sites (N-methyl/N-ethyl adjacent to an activating group) is 1. The molecule has 1 aromatic rings. The minimum absolute atomic E-state index is 0.0296. The van der Waals surface area contributed by atoms with Gasteiger partial charge in [-0.25, -0.2) is 0 Å². The number of rotatable bonds is 2. The van der Waals surface area contributed by atoms with Crippen molar-refractivity contribution in [2.45, 2.75) is 11.3 Å². The first-order chi connectivity index (χ1) is 5.72. The van der Waals surface area contributed by atoms with E-state index in [-0.39, 0.29) is 5.91 Å². The maximum absolute atomic E-state index is 10.9. The largest absolute Gasteiger partial charge is 0.359 e. The minimum atomic E-state index is 0.0296. The molecule has 0 aromatic heterocycles. The first-order valence-corrected chi connectivity index (χ1v) is 4.15. The van der Waals surface area contributed by atoms with Crippen molar-refractivity contribution in [1.82, 2.24) is 5.32 Å². The number of thiol groups is 1. The molecular formula is C9H11NOS. The lowest BCUT2D eigenvalue weighted by Crippen LogP contribution is -2.19. The Hall–Kier alpha value is -0.960. The van der Waals surface area contributed by atoms with Crippen LogP contribution in [0.5, 0.6) is 0 Å². The van der Waals surface area contributed by atoms with Crippen LogP contribution in [0.3, 0.4) is 0 Å². The Morgan fingerprint density at radius 2 is 2.00 bits per heavy atom. The van der Waals surface area contributed by atoms with Crippen LogP contribution in [0.1, 0.15) is 5.56 Å². The van der Waals surface area contributed by atoms with Gasteiger partial charge >= 0.3 is 0 Å². The second-order valence-corrected chi connectivity index (χ2v) is 3.03. The predicted octanol–water partition coefficient (Wildman–Crippen LogP) is 1.26. The third-order valence-corrected chi connectivity index (χ3v) is 1.88. The van der Waals surface area contributed by atoms with Gasteiger partial charge in [-0.05, 0) is 17.7 Å². The van der Waals surface area contributed by atoms with E-state index < -0.39 is 0 Å². The molecule has 0 aliphatic rings. The quantitative estimate of drug-likeness (QED) is 0.661. The van der Waals surface area contributed by atoms with Crippen LogP contribution in [-0.4, -0.2) is 13.0 Å². The highest BCUT2D eigenvalue weighted by atomic mass is 32.1. The summed E-state index contributed by atoms with van der Waals surface area (Å²) in [6.45, 7) is 0. The normalized spacial score (nSPS) is 9.50. The average Bonchev–Trinajstić information content (AvgIpc) is 2.09. The first kappa shape index (κ1) is 9.13. The van der Waals surface area contributed by atoms with Gasteiger partial charge in [0, 0.05) is 11.9 Å². The smallest absolute Gasteiger partial charge is 0.224 e. The van der Waals surface area contributed by atoms with E-state index in [2.05, 4.69) is 17.9 Å². The molecule has 1 rings (SSSR count). The Morgan fingerprint density at radius 3 is 2.50 bits per heavy atom. The van der Waals surface area contributed by atoms with Crippen LogP contribution in [0.4, 0.5) is 0 Å². The van der Waals surface area contributed by atoms with Gasteiger partial charge in [-0.2, -0.15) is 0 Å². The van der Waals surface area contributed by atoms with Crippen molar-refractivity contribution in [3.8, 4) is 0 Å². The summed E-state index contributed by atoms with van der Waals surface area (Å²) in [7, 11) is 1.63. The summed E-state index contributed by atoms with van der Waals surface area (Å²) in [6, 6.07) is 7.55. The minimum Gasteiger partial charge on any atom is -0.359 e. The zero-order valence-electron chi connectivity index (χ0n) is 6.87. The SMILES string of the molecule is CNC(=O)Cc1ccc(S)cc1. The van der Waals surface area contributed by atoms with Crippen molar-refractivity contribution in [3.63, 3.8) is 0 Å². The maximum Gasteiger partial charge on any atom is 0.224 e. The molecule has 1 aromatic carbocycles.